The Morgan fingerprint density at radius 1 is 1.08 bits per heavy atom. The Balaban J connectivity index is -0.0000000733. The van der Waals surface area contributed by atoms with Crippen molar-refractivity contribution in [3.63, 3.8) is 0 Å². The van der Waals surface area contributed by atoms with Crippen LogP contribution in [0.5, 0.6) is 0 Å². The Labute approximate surface area is 131 Å². The molecular weight excluding hydrogens is 318 g/mol. The SMILES string of the molecule is O=C(OF)C(=O)OF.OB(O)O.[Cs+].[H-]. The van der Waals surface area contributed by atoms with Crippen LogP contribution in [-0.4, -0.2) is 34.3 Å². The van der Waals surface area contributed by atoms with Gasteiger partial charge in [-0.3, -0.25) is 0 Å². The van der Waals surface area contributed by atoms with E-state index in [9.17, 15) is 18.6 Å². The summed E-state index contributed by atoms with van der Waals surface area (Å²) < 4.78 is 21.0. The second-order valence-electron chi connectivity index (χ2n) is 1.08. The van der Waals surface area contributed by atoms with Gasteiger partial charge in [-0.2, -0.15) is 0 Å². The van der Waals surface area contributed by atoms with Crippen LogP contribution in [0, 0.1) is 0 Å². The summed E-state index contributed by atoms with van der Waals surface area (Å²) in [5, 5.41) is 21.5. The normalized spacial score (nSPS) is 6.85. The van der Waals surface area contributed by atoms with E-state index in [1.165, 1.54) is 0 Å². The molecule has 13 heavy (non-hydrogen) atoms. The monoisotopic (exact) mass is 322 g/mol. The first-order chi connectivity index (χ1) is 5.45. The van der Waals surface area contributed by atoms with Crippen LogP contribution in [0.2, 0.25) is 0 Å². The molecule has 0 heterocycles. The average Bonchev–Trinajstić information content (AvgIpc) is 2.00. The van der Waals surface area contributed by atoms with Crippen molar-refractivity contribution in [1.29, 1.82) is 0 Å². The fraction of sp³-hybridized carbons (Fsp3) is 0. The Hall–Kier alpha value is 0.797. The molecule has 0 aliphatic heterocycles. The fourth-order valence-electron chi connectivity index (χ4n) is 0.0630. The molecule has 0 aromatic carbocycles. The number of hydrogen-bond acceptors (Lipinski definition) is 7. The van der Waals surface area contributed by atoms with E-state index in [2.05, 4.69) is 9.88 Å². The van der Waals surface area contributed by atoms with E-state index < -0.39 is 19.3 Å². The van der Waals surface area contributed by atoms with Crippen molar-refractivity contribution in [2.45, 2.75) is 0 Å². The van der Waals surface area contributed by atoms with Crippen molar-refractivity contribution in [2.75, 3.05) is 0 Å². The average molecular weight is 322 g/mol. The Morgan fingerprint density at radius 3 is 1.31 bits per heavy atom. The van der Waals surface area contributed by atoms with Crippen LogP contribution < -0.4 is 68.9 Å². The minimum Gasteiger partial charge on any atom is -1.00 e. The number of hydrogen-bond donors (Lipinski definition) is 3. The summed E-state index contributed by atoms with van der Waals surface area (Å²) in [5.74, 6) is -4.04. The number of halogens is 2. The maximum absolute atomic E-state index is 10.5. The molecule has 0 unspecified atom stereocenters. The molecule has 0 aliphatic carbocycles. The molecule has 3 N–H and O–H groups in total. The molecule has 0 saturated heterocycles. The molecule has 11 heteroatoms. The number of carbonyl (C=O) groups excluding carboxylic acids is 2. The first kappa shape index (κ1) is 19.4. The molecule has 7 nitrogen and oxygen atoms in total. The van der Waals surface area contributed by atoms with Gasteiger partial charge in [0.25, 0.3) is 0 Å². The molecule has 0 bridgehead atoms. The van der Waals surface area contributed by atoms with E-state index in [0.717, 1.165) is 0 Å². The van der Waals surface area contributed by atoms with E-state index >= 15 is 0 Å². The first-order valence-corrected chi connectivity index (χ1v) is 2.15. The molecule has 0 aromatic heterocycles. The molecule has 0 fully saturated rings. The van der Waals surface area contributed by atoms with E-state index in [1.807, 2.05) is 0 Å². The minimum absolute atomic E-state index is 0. The van der Waals surface area contributed by atoms with E-state index in [0.29, 0.717) is 0 Å². The number of rotatable bonds is 0. The second kappa shape index (κ2) is 12.8. The van der Waals surface area contributed by atoms with Gasteiger partial charge in [0.1, 0.15) is 0 Å². The third-order valence-corrected chi connectivity index (χ3v) is 0.307. The van der Waals surface area contributed by atoms with Crippen LogP contribution in [-0.2, 0) is 19.5 Å². The van der Waals surface area contributed by atoms with Gasteiger partial charge < -0.3 is 16.5 Å². The maximum atomic E-state index is 10.5. The predicted octanol–water partition coefficient (Wildman–Crippen LogP) is -5.09. The zero-order chi connectivity index (χ0) is 10.1. The number of carbonyl (C=O) groups is 2. The van der Waals surface area contributed by atoms with Gasteiger partial charge in [-0.15, -0.1) is 0 Å². The van der Waals surface area contributed by atoms with E-state index in [4.69, 9.17) is 15.1 Å². The summed E-state index contributed by atoms with van der Waals surface area (Å²) in [6.07, 6.45) is 0. The van der Waals surface area contributed by atoms with E-state index in [1.54, 1.807) is 0 Å². The Morgan fingerprint density at radius 2 is 1.23 bits per heavy atom. The van der Waals surface area contributed by atoms with Crippen LogP contribution in [0.4, 0.5) is 9.05 Å². The van der Waals surface area contributed by atoms with Gasteiger partial charge in [0.15, 0.2) is 0 Å². The van der Waals surface area contributed by atoms with Gasteiger partial charge in [0.2, 0.25) is 0 Å². The second-order valence-corrected chi connectivity index (χ2v) is 1.08. The van der Waals surface area contributed by atoms with Crippen molar-refractivity contribution in [3.05, 3.63) is 0 Å². The molecule has 0 rings (SSSR count). The molecule has 0 spiro atoms. The molecule has 72 valence electrons. The fourth-order valence-corrected chi connectivity index (χ4v) is 0.0630. The van der Waals surface area contributed by atoms with Crippen molar-refractivity contribution in [2.24, 2.45) is 0 Å². The Bertz CT molecular complexity index is 142. The smallest absolute Gasteiger partial charge is 1.00 e. The first-order valence-electron chi connectivity index (χ1n) is 2.15. The standard InChI is InChI=1S/C2F2O4.BH3O3.Cs.H/c3-7-1(5)2(6)8-4;2-1(3)4;;/h;2-4H;;/q;;+1;-1. The summed E-state index contributed by atoms with van der Waals surface area (Å²) in [5.41, 5.74) is 0. The quantitative estimate of drug-likeness (QED) is 0.302. The third-order valence-electron chi connectivity index (χ3n) is 0.307. The molecule has 0 aliphatic rings. The molecule has 0 atom stereocenters. The van der Waals surface area contributed by atoms with Gasteiger partial charge in [0.05, 0.1) is 0 Å². The zero-order valence-electron chi connectivity index (χ0n) is 7.31. The van der Waals surface area contributed by atoms with Gasteiger partial charge >= 0.3 is 88.2 Å². The summed E-state index contributed by atoms with van der Waals surface area (Å²) in [6, 6.07) is 0. The van der Waals surface area contributed by atoms with Crippen LogP contribution in [0.1, 0.15) is 1.43 Å². The largest absolute Gasteiger partial charge is 1.00 e. The molecule has 0 aromatic rings. The van der Waals surface area contributed by atoms with Gasteiger partial charge in [0, 0.05) is 9.05 Å². The predicted molar refractivity (Wildman–Crippen MR) is 27.9 cm³/mol. The van der Waals surface area contributed by atoms with Crippen molar-refractivity contribution in [1.82, 2.24) is 0 Å². The van der Waals surface area contributed by atoms with Crippen LogP contribution >= 0.6 is 0 Å². The molecule has 0 amide bonds. The molecule has 0 saturated carbocycles. The summed E-state index contributed by atoms with van der Waals surface area (Å²) in [6.45, 7) is 0. The van der Waals surface area contributed by atoms with E-state index in [-0.39, 0.29) is 70.3 Å². The van der Waals surface area contributed by atoms with Gasteiger partial charge in [-0.1, -0.05) is 0 Å². The molecular formula is C2H4BCsF2O7. The zero-order valence-corrected chi connectivity index (χ0v) is 12.6. The van der Waals surface area contributed by atoms with Crippen molar-refractivity contribution >= 4 is 19.3 Å². The van der Waals surface area contributed by atoms with Crippen LogP contribution in [0.25, 0.3) is 0 Å². The van der Waals surface area contributed by atoms with Crippen LogP contribution in [0.15, 0.2) is 0 Å². The Kier molecular flexibility index (Phi) is 19.1. The summed E-state index contributed by atoms with van der Waals surface area (Å²) in [7, 11) is -2.17. The van der Waals surface area contributed by atoms with Gasteiger partial charge in [-0.25, -0.2) is 19.5 Å². The minimum atomic E-state index is -2.17. The maximum Gasteiger partial charge on any atom is 1.00 e. The topological polar surface area (TPSA) is 113 Å². The summed E-state index contributed by atoms with van der Waals surface area (Å²) in [4.78, 5) is 23.4. The van der Waals surface area contributed by atoms with Crippen molar-refractivity contribution in [3.8, 4) is 0 Å². The van der Waals surface area contributed by atoms with Gasteiger partial charge in [-0.05, 0) is 0 Å². The molecule has 0 radical (unpaired) electrons. The van der Waals surface area contributed by atoms with Crippen LogP contribution in [0.3, 0.4) is 0 Å². The summed E-state index contributed by atoms with van der Waals surface area (Å²) >= 11 is 0. The third kappa shape index (κ3) is 19.3. The van der Waals surface area contributed by atoms with Crippen molar-refractivity contribution < 1.29 is 114 Å².